The molecule has 96 valence electrons. The van der Waals surface area contributed by atoms with Gasteiger partial charge in [0.2, 0.25) is 0 Å². The molecule has 0 aromatic carbocycles. The van der Waals surface area contributed by atoms with Crippen LogP contribution in [-0.2, 0) is 9.47 Å². The van der Waals surface area contributed by atoms with Crippen molar-refractivity contribution in [3.8, 4) is 0 Å². The van der Waals surface area contributed by atoms with Crippen molar-refractivity contribution < 1.29 is 9.47 Å². The van der Waals surface area contributed by atoms with Crippen LogP contribution in [0.25, 0.3) is 0 Å². The predicted molar refractivity (Wildman–Crippen MR) is 65.8 cm³/mol. The Morgan fingerprint density at radius 2 is 2.00 bits per heavy atom. The van der Waals surface area contributed by atoms with Crippen LogP contribution < -0.4 is 5.32 Å². The Kier molecular flexibility index (Phi) is 6.96. The molecule has 16 heavy (non-hydrogen) atoms. The largest absolute Gasteiger partial charge is 0.383 e. The van der Waals surface area contributed by atoms with E-state index >= 15 is 0 Å². The number of rotatable bonds is 7. The highest BCUT2D eigenvalue weighted by molar-refractivity contribution is 4.71. The second-order valence-corrected chi connectivity index (χ2v) is 4.71. The number of ether oxygens (including phenoxy) is 2. The zero-order chi connectivity index (χ0) is 11.8. The minimum atomic E-state index is 0.464. The van der Waals surface area contributed by atoms with E-state index in [1.807, 2.05) is 0 Å². The van der Waals surface area contributed by atoms with E-state index in [1.54, 1.807) is 7.11 Å². The van der Waals surface area contributed by atoms with Gasteiger partial charge in [-0.15, -0.1) is 0 Å². The van der Waals surface area contributed by atoms with E-state index in [-0.39, 0.29) is 0 Å². The van der Waals surface area contributed by atoms with Crippen LogP contribution in [0.15, 0.2) is 0 Å². The average Bonchev–Trinajstić information content (AvgIpc) is 2.29. The molecule has 1 fully saturated rings. The summed E-state index contributed by atoms with van der Waals surface area (Å²) >= 11 is 0. The molecular weight excluding hydrogens is 204 g/mol. The molecule has 0 saturated carbocycles. The molecule has 0 bridgehead atoms. The molecule has 1 aliphatic heterocycles. The van der Waals surface area contributed by atoms with Crippen molar-refractivity contribution in [2.24, 2.45) is 5.92 Å². The Hall–Kier alpha value is -0.160. The zero-order valence-corrected chi connectivity index (χ0v) is 10.9. The smallest absolute Gasteiger partial charge is 0.0618 e. The van der Waals surface area contributed by atoms with Gasteiger partial charge in [0.25, 0.3) is 0 Å². The van der Waals surface area contributed by atoms with Crippen LogP contribution in [0, 0.1) is 5.92 Å². The lowest BCUT2D eigenvalue weighted by Gasteiger charge is -2.28. The van der Waals surface area contributed by atoms with Gasteiger partial charge in [0, 0.05) is 39.3 Å². The lowest BCUT2D eigenvalue weighted by Crippen LogP contribution is -2.44. The lowest BCUT2D eigenvalue weighted by atomic mass is 10.1. The lowest BCUT2D eigenvalue weighted by molar-refractivity contribution is 0.0373. The first-order valence-electron chi connectivity index (χ1n) is 6.26. The van der Waals surface area contributed by atoms with Gasteiger partial charge < -0.3 is 14.8 Å². The van der Waals surface area contributed by atoms with Gasteiger partial charge in [-0.3, -0.25) is 4.90 Å². The van der Waals surface area contributed by atoms with Gasteiger partial charge in [0.05, 0.1) is 19.8 Å². The normalized spacial score (nSPS) is 20.2. The van der Waals surface area contributed by atoms with E-state index < -0.39 is 0 Å². The second-order valence-electron chi connectivity index (χ2n) is 4.71. The van der Waals surface area contributed by atoms with Gasteiger partial charge >= 0.3 is 0 Å². The number of methoxy groups -OCH3 is 1. The zero-order valence-electron chi connectivity index (χ0n) is 10.9. The van der Waals surface area contributed by atoms with Crippen molar-refractivity contribution in [2.75, 3.05) is 53.1 Å². The molecule has 4 nitrogen and oxygen atoms in total. The summed E-state index contributed by atoms with van der Waals surface area (Å²) in [5.41, 5.74) is 0. The fourth-order valence-corrected chi connectivity index (χ4v) is 1.90. The standard InChI is InChI=1S/C12H26N2O2/c1-11(2)12(10-15-3)13-4-5-14-6-8-16-9-7-14/h11-13H,4-10H2,1-3H3. The number of nitrogens with one attached hydrogen (secondary N) is 1. The summed E-state index contributed by atoms with van der Waals surface area (Å²) in [4.78, 5) is 2.45. The molecule has 1 saturated heterocycles. The van der Waals surface area contributed by atoms with Crippen molar-refractivity contribution in [3.63, 3.8) is 0 Å². The Labute approximate surface area is 99.3 Å². The fraction of sp³-hybridized carbons (Fsp3) is 1.00. The Balaban J connectivity index is 2.11. The van der Waals surface area contributed by atoms with Gasteiger partial charge in [-0.2, -0.15) is 0 Å². The Morgan fingerprint density at radius 1 is 1.31 bits per heavy atom. The molecular formula is C12H26N2O2. The molecule has 0 aromatic rings. The molecule has 1 heterocycles. The van der Waals surface area contributed by atoms with E-state index in [1.165, 1.54) is 0 Å². The predicted octanol–water partition coefficient (Wildman–Crippen LogP) is 0.579. The number of morpholine rings is 1. The van der Waals surface area contributed by atoms with Crippen molar-refractivity contribution in [1.82, 2.24) is 10.2 Å². The van der Waals surface area contributed by atoms with Gasteiger partial charge in [-0.25, -0.2) is 0 Å². The summed E-state index contributed by atoms with van der Waals surface area (Å²) in [6.45, 7) is 11.3. The van der Waals surface area contributed by atoms with Crippen LogP contribution >= 0.6 is 0 Å². The summed E-state index contributed by atoms with van der Waals surface area (Å²) in [5, 5.41) is 3.56. The van der Waals surface area contributed by atoms with Crippen molar-refractivity contribution in [2.45, 2.75) is 19.9 Å². The average molecular weight is 230 g/mol. The number of nitrogens with zero attached hydrogens (tertiary/aromatic N) is 1. The molecule has 1 aliphatic rings. The van der Waals surface area contributed by atoms with Gasteiger partial charge in [0.1, 0.15) is 0 Å². The van der Waals surface area contributed by atoms with Crippen LogP contribution in [0.2, 0.25) is 0 Å². The second kappa shape index (κ2) is 8.01. The first-order valence-corrected chi connectivity index (χ1v) is 6.26. The first-order chi connectivity index (χ1) is 7.74. The first kappa shape index (κ1) is 13.9. The molecule has 0 radical (unpaired) electrons. The van der Waals surface area contributed by atoms with Crippen LogP contribution in [0.4, 0.5) is 0 Å². The van der Waals surface area contributed by atoms with E-state index in [9.17, 15) is 0 Å². The van der Waals surface area contributed by atoms with Crippen molar-refractivity contribution in [3.05, 3.63) is 0 Å². The van der Waals surface area contributed by atoms with E-state index in [0.29, 0.717) is 12.0 Å². The van der Waals surface area contributed by atoms with Crippen molar-refractivity contribution >= 4 is 0 Å². The maximum absolute atomic E-state index is 5.32. The summed E-state index contributed by atoms with van der Waals surface area (Å²) < 4.78 is 10.5. The maximum atomic E-state index is 5.32. The highest BCUT2D eigenvalue weighted by atomic mass is 16.5. The van der Waals surface area contributed by atoms with Crippen LogP contribution in [0.1, 0.15) is 13.8 Å². The third-order valence-corrected chi connectivity index (χ3v) is 3.09. The van der Waals surface area contributed by atoms with Crippen LogP contribution in [0.3, 0.4) is 0 Å². The SMILES string of the molecule is COCC(NCCN1CCOCC1)C(C)C. The third-order valence-electron chi connectivity index (χ3n) is 3.09. The number of hydrogen-bond donors (Lipinski definition) is 1. The molecule has 1 unspecified atom stereocenters. The molecule has 1 N–H and O–H groups in total. The fourth-order valence-electron chi connectivity index (χ4n) is 1.90. The van der Waals surface area contributed by atoms with E-state index in [2.05, 4.69) is 24.1 Å². The molecule has 1 rings (SSSR count). The molecule has 0 aromatic heterocycles. The maximum Gasteiger partial charge on any atom is 0.0618 e. The monoisotopic (exact) mass is 230 g/mol. The van der Waals surface area contributed by atoms with Crippen LogP contribution in [0.5, 0.6) is 0 Å². The molecule has 4 heteroatoms. The molecule has 0 aliphatic carbocycles. The van der Waals surface area contributed by atoms with Gasteiger partial charge in [-0.1, -0.05) is 13.8 Å². The third kappa shape index (κ3) is 5.25. The van der Waals surface area contributed by atoms with E-state index in [4.69, 9.17) is 9.47 Å². The summed E-state index contributed by atoms with van der Waals surface area (Å²) in [5.74, 6) is 0.615. The van der Waals surface area contributed by atoms with Gasteiger partial charge in [0.15, 0.2) is 0 Å². The summed E-state index contributed by atoms with van der Waals surface area (Å²) in [6, 6.07) is 0.464. The highest BCUT2D eigenvalue weighted by Gasteiger charge is 2.14. The molecule has 0 spiro atoms. The quantitative estimate of drug-likeness (QED) is 0.694. The Morgan fingerprint density at radius 3 is 2.56 bits per heavy atom. The summed E-state index contributed by atoms with van der Waals surface area (Å²) in [6.07, 6.45) is 0. The van der Waals surface area contributed by atoms with Crippen molar-refractivity contribution in [1.29, 1.82) is 0 Å². The molecule has 1 atom stereocenters. The Bertz CT molecular complexity index is 170. The minimum absolute atomic E-state index is 0.464. The highest BCUT2D eigenvalue weighted by Crippen LogP contribution is 2.02. The minimum Gasteiger partial charge on any atom is -0.383 e. The van der Waals surface area contributed by atoms with Crippen LogP contribution in [-0.4, -0.2) is 64.1 Å². The number of hydrogen-bond acceptors (Lipinski definition) is 4. The van der Waals surface area contributed by atoms with E-state index in [0.717, 1.165) is 46.0 Å². The van der Waals surface area contributed by atoms with Gasteiger partial charge in [-0.05, 0) is 5.92 Å². The molecule has 0 amide bonds. The topological polar surface area (TPSA) is 33.7 Å². The summed E-state index contributed by atoms with van der Waals surface area (Å²) in [7, 11) is 1.76.